The maximum atomic E-state index is 13.1. The third-order valence-electron chi connectivity index (χ3n) is 4.51. The van der Waals surface area contributed by atoms with Gasteiger partial charge in [0, 0.05) is 17.8 Å². The number of halogens is 1. The number of aromatic nitrogens is 4. The molecule has 26 heavy (non-hydrogen) atoms. The smallest absolute Gasteiger partial charge is 0.263 e. The molecule has 4 rings (SSSR count). The fourth-order valence-electron chi connectivity index (χ4n) is 3.21. The predicted octanol–water partition coefficient (Wildman–Crippen LogP) is 2.72. The molecule has 9 heteroatoms. The molecule has 1 aliphatic rings. The molecule has 0 radical (unpaired) electrons. The van der Waals surface area contributed by atoms with Gasteiger partial charge in [0.2, 0.25) is 5.89 Å². The highest BCUT2D eigenvalue weighted by Gasteiger charge is 2.23. The van der Waals surface area contributed by atoms with Crippen LogP contribution in [0.4, 0.5) is 0 Å². The zero-order valence-electron chi connectivity index (χ0n) is 15.0. The number of rotatable bonds is 4. The summed E-state index contributed by atoms with van der Waals surface area (Å²) < 4.78 is 6.99. The van der Waals surface area contributed by atoms with E-state index in [1.54, 1.807) is 22.2 Å². The summed E-state index contributed by atoms with van der Waals surface area (Å²) in [6, 6.07) is -0.338. The molecule has 0 saturated carbocycles. The molecular weight excluding hydrogens is 374 g/mol. The molecule has 1 atom stereocenters. The molecule has 1 N–H and O–H groups in total. The Kier molecular flexibility index (Phi) is 5.45. The minimum absolute atomic E-state index is 0. The summed E-state index contributed by atoms with van der Waals surface area (Å²) in [7, 11) is 0. The zero-order chi connectivity index (χ0) is 17.6. The number of fused-ring (bicyclic) bond motifs is 3. The first-order chi connectivity index (χ1) is 12.0. The lowest BCUT2D eigenvalue weighted by atomic mass is 10.1. The summed E-state index contributed by atoms with van der Waals surface area (Å²) in [6.45, 7) is 7.81. The summed E-state index contributed by atoms with van der Waals surface area (Å²) in [5.41, 5.74) is 1.12. The van der Waals surface area contributed by atoms with E-state index in [1.807, 2.05) is 6.92 Å². The molecule has 0 amide bonds. The van der Waals surface area contributed by atoms with Crippen LogP contribution < -0.4 is 10.9 Å². The lowest BCUT2D eigenvalue weighted by Crippen LogP contribution is -2.27. The van der Waals surface area contributed by atoms with Crippen molar-refractivity contribution in [2.45, 2.75) is 46.2 Å². The highest BCUT2D eigenvalue weighted by molar-refractivity contribution is 7.18. The van der Waals surface area contributed by atoms with Gasteiger partial charge in [-0.1, -0.05) is 19.0 Å². The number of nitrogens with zero attached hydrogens (tertiary/aromatic N) is 4. The highest BCUT2D eigenvalue weighted by Crippen LogP contribution is 2.30. The Hall–Kier alpha value is -1.77. The van der Waals surface area contributed by atoms with Crippen molar-refractivity contribution in [1.29, 1.82) is 0 Å². The maximum Gasteiger partial charge on any atom is 0.263 e. The lowest BCUT2D eigenvalue weighted by Gasteiger charge is -2.13. The third-order valence-corrected chi connectivity index (χ3v) is 5.65. The topological polar surface area (TPSA) is 85.8 Å². The highest BCUT2D eigenvalue weighted by atomic mass is 35.5. The van der Waals surface area contributed by atoms with Crippen molar-refractivity contribution >= 4 is 34.0 Å². The molecule has 0 bridgehead atoms. The first-order valence-corrected chi connectivity index (χ1v) is 9.40. The number of nitrogens with one attached hydrogen (secondary N) is 1. The Morgan fingerprint density at radius 3 is 2.96 bits per heavy atom. The van der Waals surface area contributed by atoms with Crippen molar-refractivity contribution in [3.63, 3.8) is 0 Å². The van der Waals surface area contributed by atoms with Gasteiger partial charge in [-0.2, -0.15) is 4.98 Å². The first kappa shape index (κ1) is 19.0. The quantitative estimate of drug-likeness (QED) is 0.731. The normalized spacial score (nSPS) is 15.1. The van der Waals surface area contributed by atoms with Crippen molar-refractivity contribution in [2.75, 3.05) is 6.54 Å². The second-order valence-electron chi connectivity index (χ2n) is 6.89. The number of hydrogen-bond acceptors (Lipinski definition) is 7. The van der Waals surface area contributed by atoms with Gasteiger partial charge >= 0.3 is 0 Å². The molecule has 3 aromatic heterocycles. The first-order valence-electron chi connectivity index (χ1n) is 8.59. The fraction of sp³-hybridized carbons (Fsp3) is 0.529. The molecule has 1 unspecified atom stereocenters. The van der Waals surface area contributed by atoms with Crippen LogP contribution in [0.15, 0.2) is 15.6 Å². The average molecular weight is 396 g/mol. The van der Waals surface area contributed by atoms with Crippen LogP contribution in [0.5, 0.6) is 0 Å². The second kappa shape index (κ2) is 7.46. The molecule has 0 aromatic carbocycles. The van der Waals surface area contributed by atoms with Gasteiger partial charge in [0.15, 0.2) is 5.82 Å². The molecule has 3 aromatic rings. The van der Waals surface area contributed by atoms with Gasteiger partial charge in [-0.05, 0) is 31.4 Å². The van der Waals surface area contributed by atoms with E-state index in [9.17, 15) is 4.79 Å². The second-order valence-corrected chi connectivity index (χ2v) is 7.97. The predicted molar refractivity (Wildman–Crippen MR) is 103 cm³/mol. The van der Waals surface area contributed by atoms with Gasteiger partial charge in [-0.15, -0.1) is 23.7 Å². The molecule has 140 valence electrons. The van der Waals surface area contributed by atoms with Crippen LogP contribution in [0.3, 0.4) is 0 Å². The molecule has 1 aliphatic heterocycles. The summed E-state index contributed by atoms with van der Waals surface area (Å²) in [6.07, 6.45) is 3.22. The molecule has 7 nitrogen and oxygen atoms in total. The molecule has 0 spiro atoms. The number of hydrogen-bond donors (Lipinski definition) is 1. The van der Waals surface area contributed by atoms with Gasteiger partial charge in [0.1, 0.15) is 10.9 Å². The minimum atomic E-state index is -0.338. The summed E-state index contributed by atoms with van der Waals surface area (Å²) >= 11 is 1.60. The Morgan fingerprint density at radius 2 is 2.19 bits per heavy atom. The molecule has 0 fully saturated rings. The van der Waals surface area contributed by atoms with Crippen LogP contribution in [0, 0.1) is 5.92 Å². The SMILES string of the molecule is CC(C)Cc1noc(C(C)n2cnc3sc4c(c3c2=O)CCNC4)n1.Cl. The van der Waals surface area contributed by atoms with E-state index in [0.29, 0.717) is 17.6 Å². The summed E-state index contributed by atoms with van der Waals surface area (Å²) in [5.74, 6) is 1.58. The van der Waals surface area contributed by atoms with E-state index < -0.39 is 0 Å². The third kappa shape index (κ3) is 3.28. The van der Waals surface area contributed by atoms with Crippen molar-refractivity contribution in [3.05, 3.63) is 38.8 Å². The van der Waals surface area contributed by atoms with Crippen LogP contribution in [-0.4, -0.2) is 26.2 Å². The molecular formula is C17H22ClN5O2S. The monoisotopic (exact) mass is 395 g/mol. The van der Waals surface area contributed by atoms with Crippen LogP contribution in [0.25, 0.3) is 10.2 Å². The molecule has 0 saturated heterocycles. The van der Waals surface area contributed by atoms with Gasteiger partial charge in [0.25, 0.3) is 5.56 Å². The Labute approximate surface area is 161 Å². The van der Waals surface area contributed by atoms with E-state index in [1.165, 1.54) is 4.88 Å². The van der Waals surface area contributed by atoms with Crippen molar-refractivity contribution < 1.29 is 4.52 Å². The van der Waals surface area contributed by atoms with Crippen LogP contribution in [-0.2, 0) is 19.4 Å². The van der Waals surface area contributed by atoms with Gasteiger partial charge < -0.3 is 9.84 Å². The van der Waals surface area contributed by atoms with Crippen LogP contribution in [0.2, 0.25) is 0 Å². The van der Waals surface area contributed by atoms with Crippen molar-refractivity contribution in [1.82, 2.24) is 25.0 Å². The standard InChI is InChI=1S/C17H21N5O2S.ClH/c1-9(2)6-13-20-15(24-21-13)10(3)22-8-19-16-14(17(22)23)11-4-5-18-7-12(11)25-16;/h8-10,18H,4-7H2,1-3H3;1H. The Balaban J connectivity index is 0.00000196. The van der Waals surface area contributed by atoms with E-state index >= 15 is 0 Å². The summed E-state index contributed by atoms with van der Waals surface area (Å²) in [5, 5.41) is 8.12. The van der Waals surface area contributed by atoms with E-state index in [0.717, 1.165) is 41.7 Å². The van der Waals surface area contributed by atoms with Gasteiger partial charge in [0.05, 0.1) is 11.7 Å². The van der Waals surface area contributed by atoms with Gasteiger partial charge in [-0.25, -0.2) is 4.98 Å². The van der Waals surface area contributed by atoms with E-state index in [4.69, 9.17) is 4.52 Å². The lowest BCUT2D eigenvalue weighted by molar-refractivity contribution is 0.338. The minimum Gasteiger partial charge on any atom is -0.337 e. The Morgan fingerprint density at radius 1 is 1.38 bits per heavy atom. The van der Waals surface area contributed by atoms with Gasteiger partial charge in [-0.3, -0.25) is 9.36 Å². The van der Waals surface area contributed by atoms with Crippen LogP contribution in [0.1, 0.15) is 49.0 Å². The number of thiophene rings is 1. The average Bonchev–Trinajstić information content (AvgIpc) is 3.18. The molecule has 4 heterocycles. The van der Waals surface area contributed by atoms with E-state index in [-0.39, 0.29) is 24.0 Å². The van der Waals surface area contributed by atoms with Crippen LogP contribution >= 0.6 is 23.7 Å². The van der Waals surface area contributed by atoms with Crippen molar-refractivity contribution in [3.8, 4) is 0 Å². The zero-order valence-corrected chi connectivity index (χ0v) is 16.6. The van der Waals surface area contributed by atoms with E-state index in [2.05, 4.69) is 34.3 Å². The maximum absolute atomic E-state index is 13.1. The fourth-order valence-corrected chi connectivity index (χ4v) is 4.36. The summed E-state index contributed by atoms with van der Waals surface area (Å²) in [4.78, 5) is 24.1. The molecule has 0 aliphatic carbocycles. The van der Waals surface area contributed by atoms with Crippen molar-refractivity contribution in [2.24, 2.45) is 5.92 Å². The Bertz CT molecular complexity index is 977. The largest absolute Gasteiger partial charge is 0.337 e.